The van der Waals surface area contributed by atoms with Gasteiger partial charge in [-0.05, 0) is 56.2 Å². The Balaban J connectivity index is 1.58. The molecule has 3 aromatic rings. The van der Waals surface area contributed by atoms with Gasteiger partial charge in [-0.25, -0.2) is 9.18 Å². The number of amides is 1. The highest BCUT2D eigenvalue weighted by molar-refractivity contribution is 5.97. The maximum atomic E-state index is 12.9. The molecule has 6 nitrogen and oxygen atoms in total. The largest absolute Gasteiger partial charge is 0.497 e. The average Bonchev–Trinajstić information content (AvgIpc) is 3.05. The minimum Gasteiger partial charge on any atom is -0.497 e. The maximum Gasteiger partial charge on any atom is 0.375 e. The molecular formula is C22H22FNO5. The quantitative estimate of drug-likeness (QED) is 0.612. The molecule has 1 N–H and O–H groups in total. The van der Waals surface area contributed by atoms with Gasteiger partial charge in [0.2, 0.25) is 5.76 Å². The van der Waals surface area contributed by atoms with E-state index in [9.17, 15) is 14.0 Å². The van der Waals surface area contributed by atoms with Crippen LogP contribution in [-0.2, 0) is 16.0 Å². The number of ether oxygens (including phenoxy) is 2. The van der Waals surface area contributed by atoms with Crippen molar-refractivity contribution in [2.24, 2.45) is 0 Å². The third kappa shape index (κ3) is 4.74. The third-order valence-corrected chi connectivity index (χ3v) is 4.61. The fourth-order valence-electron chi connectivity index (χ4n) is 2.91. The Morgan fingerprint density at radius 2 is 1.90 bits per heavy atom. The molecular weight excluding hydrogens is 377 g/mol. The first-order chi connectivity index (χ1) is 13.9. The highest BCUT2D eigenvalue weighted by Gasteiger charge is 2.24. The van der Waals surface area contributed by atoms with Crippen molar-refractivity contribution in [1.29, 1.82) is 0 Å². The lowest BCUT2D eigenvalue weighted by molar-refractivity contribution is -0.129. The van der Waals surface area contributed by atoms with Crippen LogP contribution in [0.25, 0.3) is 11.0 Å². The summed E-state index contributed by atoms with van der Waals surface area (Å²) in [6.07, 6.45) is -0.449. The standard InChI is InChI=1S/C22H22FNO5/c1-13-18-12-17(27-3)8-9-19(18)29-20(13)22(26)28-14(2)21(25)24-11-10-15-4-6-16(23)7-5-15/h4-9,12,14H,10-11H2,1-3H3,(H,24,25). The monoisotopic (exact) mass is 399 g/mol. The molecule has 0 aliphatic carbocycles. The number of hydrogen-bond donors (Lipinski definition) is 1. The fourth-order valence-corrected chi connectivity index (χ4v) is 2.91. The van der Waals surface area contributed by atoms with Gasteiger partial charge in [-0.15, -0.1) is 0 Å². The Bertz CT molecular complexity index is 1030. The molecule has 2 aromatic carbocycles. The van der Waals surface area contributed by atoms with Crippen molar-refractivity contribution in [2.75, 3.05) is 13.7 Å². The second-order valence-corrected chi connectivity index (χ2v) is 6.63. The first-order valence-electron chi connectivity index (χ1n) is 9.19. The lowest BCUT2D eigenvalue weighted by Crippen LogP contribution is -2.36. The molecule has 1 amide bonds. The highest BCUT2D eigenvalue weighted by atomic mass is 19.1. The average molecular weight is 399 g/mol. The van der Waals surface area contributed by atoms with Gasteiger partial charge in [0.1, 0.15) is 17.1 Å². The van der Waals surface area contributed by atoms with Crippen molar-refractivity contribution in [3.05, 3.63) is 65.2 Å². The lowest BCUT2D eigenvalue weighted by Gasteiger charge is -2.13. The molecule has 29 heavy (non-hydrogen) atoms. The van der Waals surface area contributed by atoms with E-state index >= 15 is 0 Å². The lowest BCUT2D eigenvalue weighted by atomic mass is 10.1. The fraction of sp³-hybridized carbons (Fsp3) is 0.273. The van der Waals surface area contributed by atoms with E-state index < -0.39 is 18.0 Å². The summed E-state index contributed by atoms with van der Waals surface area (Å²) >= 11 is 0. The van der Waals surface area contributed by atoms with Crippen LogP contribution in [0.15, 0.2) is 46.9 Å². The van der Waals surface area contributed by atoms with Crippen LogP contribution >= 0.6 is 0 Å². The van der Waals surface area contributed by atoms with Crippen molar-refractivity contribution < 1.29 is 27.9 Å². The number of rotatable bonds is 7. The number of methoxy groups -OCH3 is 1. The molecule has 1 heterocycles. The number of halogens is 1. The third-order valence-electron chi connectivity index (χ3n) is 4.61. The van der Waals surface area contributed by atoms with Gasteiger partial charge in [-0.1, -0.05) is 12.1 Å². The number of nitrogens with one attached hydrogen (secondary N) is 1. The maximum absolute atomic E-state index is 12.9. The topological polar surface area (TPSA) is 77.8 Å². The van der Waals surface area contributed by atoms with Gasteiger partial charge in [-0.3, -0.25) is 4.79 Å². The molecule has 0 fully saturated rings. The molecule has 3 rings (SSSR count). The number of carbonyl (C=O) groups excluding carboxylic acids is 2. The van der Waals surface area contributed by atoms with E-state index in [1.54, 1.807) is 44.4 Å². The normalized spacial score (nSPS) is 11.9. The highest BCUT2D eigenvalue weighted by Crippen LogP contribution is 2.29. The van der Waals surface area contributed by atoms with E-state index in [4.69, 9.17) is 13.9 Å². The smallest absolute Gasteiger partial charge is 0.375 e. The van der Waals surface area contributed by atoms with Crippen LogP contribution in [-0.4, -0.2) is 31.6 Å². The Labute approximate surface area is 167 Å². The zero-order valence-electron chi connectivity index (χ0n) is 16.5. The van der Waals surface area contributed by atoms with Crippen LogP contribution in [0.5, 0.6) is 5.75 Å². The van der Waals surface area contributed by atoms with Crippen molar-refractivity contribution >= 4 is 22.8 Å². The van der Waals surface area contributed by atoms with Gasteiger partial charge in [0.25, 0.3) is 5.91 Å². The predicted molar refractivity (Wildman–Crippen MR) is 105 cm³/mol. The second-order valence-electron chi connectivity index (χ2n) is 6.63. The van der Waals surface area contributed by atoms with Gasteiger partial charge < -0.3 is 19.2 Å². The van der Waals surface area contributed by atoms with Crippen LogP contribution in [0.2, 0.25) is 0 Å². The predicted octanol–water partition coefficient (Wildman–Crippen LogP) is 3.79. The minimum atomic E-state index is -0.988. The SMILES string of the molecule is COc1ccc2oc(C(=O)OC(C)C(=O)NCCc3ccc(F)cc3)c(C)c2c1. The van der Waals surface area contributed by atoms with Crippen molar-refractivity contribution in [1.82, 2.24) is 5.32 Å². The van der Waals surface area contributed by atoms with Gasteiger partial charge in [0.15, 0.2) is 6.10 Å². The van der Waals surface area contributed by atoms with Crippen molar-refractivity contribution in [3.8, 4) is 5.75 Å². The summed E-state index contributed by atoms with van der Waals surface area (Å²) in [6.45, 7) is 3.58. The molecule has 0 aliphatic rings. The van der Waals surface area contributed by atoms with Gasteiger partial charge in [0, 0.05) is 17.5 Å². The number of esters is 1. The van der Waals surface area contributed by atoms with Gasteiger partial charge >= 0.3 is 5.97 Å². The zero-order valence-corrected chi connectivity index (χ0v) is 16.5. The number of furan rings is 1. The first kappa shape index (κ1) is 20.4. The summed E-state index contributed by atoms with van der Waals surface area (Å²) < 4.78 is 29.0. The van der Waals surface area contributed by atoms with Crippen LogP contribution in [0, 0.1) is 12.7 Å². The Morgan fingerprint density at radius 1 is 1.17 bits per heavy atom. The molecule has 1 aromatic heterocycles. The van der Waals surface area contributed by atoms with Gasteiger partial charge in [0.05, 0.1) is 7.11 Å². The van der Waals surface area contributed by atoms with Crippen molar-refractivity contribution in [2.45, 2.75) is 26.4 Å². The van der Waals surface area contributed by atoms with E-state index in [1.165, 1.54) is 19.1 Å². The van der Waals surface area contributed by atoms with E-state index in [-0.39, 0.29) is 11.6 Å². The van der Waals surface area contributed by atoms with Crippen LogP contribution in [0.4, 0.5) is 4.39 Å². The van der Waals surface area contributed by atoms with Crippen LogP contribution < -0.4 is 10.1 Å². The van der Waals surface area contributed by atoms with E-state index in [1.807, 2.05) is 0 Å². The molecule has 0 saturated carbocycles. The summed E-state index contributed by atoms with van der Waals surface area (Å²) in [5.74, 6) is -0.734. The number of benzene rings is 2. The molecule has 0 bridgehead atoms. The molecule has 0 aliphatic heterocycles. The Kier molecular flexibility index (Phi) is 6.16. The minimum absolute atomic E-state index is 0.0548. The summed E-state index contributed by atoms with van der Waals surface area (Å²) in [5, 5.41) is 3.44. The van der Waals surface area contributed by atoms with Gasteiger partial charge in [-0.2, -0.15) is 0 Å². The molecule has 0 saturated heterocycles. The Morgan fingerprint density at radius 3 is 2.59 bits per heavy atom. The molecule has 0 radical (unpaired) electrons. The summed E-state index contributed by atoms with van der Waals surface area (Å²) in [7, 11) is 1.56. The molecule has 0 spiro atoms. The Hall–Kier alpha value is -3.35. The number of aryl methyl sites for hydroxylation is 1. The molecule has 1 unspecified atom stereocenters. The zero-order chi connectivity index (χ0) is 21.0. The first-order valence-corrected chi connectivity index (χ1v) is 9.19. The van der Waals surface area contributed by atoms with E-state index in [0.717, 1.165) is 10.9 Å². The number of carbonyl (C=O) groups is 2. The number of hydrogen-bond acceptors (Lipinski definition) is 5. The van der Waals surface area contributed by atoms with Crippen LogP contribution in [0.1, 0.15) is 28.6 Å². The molecule has 152 valence electrons. The summed E-state index contributed by atoms with van der Waals surface area (Å²) in [4.78, 5) is 24.7. The molecule has 7 heteroatoms. The summed E-state index contributed by atoms with van der Waals surface area (Å²) in [6, 6.07) is 11.3. The van der Waals surface area contributed by atoms with Crippen molar-refractivity contribution in [3.63, 3.8) is 0 Å². The van der Waals surface area contributed by atoms with Crippen LogP contribution in [0.3, 0.4) is 0 Å². The van der Waals surface area contributed by atoms with E-state index in [0.29, 0.717) is 29.9 Å². The number of fused-ring (bicyclic) bond motifs is 1. The summed E-state index contributed by atoms with van der Waals surface area (Å²) in [5.41, 5.74) is 2.05. The van der Waals surface area contributed by atoms with E-state index in [2.05, 4.69) is 5.32 Å². The second kappa shape index (κ2) is 8.77. The molecule has 1 atom stereocenters.